The third-order valence-corrected chi connectivity index (χ3v) is 2.64. The molecule has 2 rings (SSSR count). The fourth-order valence-corrected chi connectivity index (χ4v) is 1.99. The van der Waals surface area contributed by atoms with Gasteiger partial charge in [0.2, 0.25) is 0 Å². The average Bonchev–Trinajstić information content (AvgIpc) is 2.53. The van der Waals surface area contributed by atoms with Crippen molar-refractivity contribution in [1.82, 2.24) is 9.61 Å². The molecule has 0 aromatic carbocycles. The van der Waals surface area contributed by atoms with Gasteiger partial charge in [0.15, 0.2) is 0 Å². The number of esters is 1. The standard InChI is InChI=1S/C9H7IN2O2/c1-14-9(13)7-6-4-2-3-5-12(6)11-8(7)10/h2-5H,1H3. The van der Waals surface area contributed by atoms with Gasteiger partial charge in [-0.25, -0.2) is 9.31 Å². The molecule has 0 N–H and O–H groups in total. The lowest BCUT2D eigenvalue weighted by Crippen LogP contribution is -2.02. The Bertz CT molecular complexity index is 493. The number of halogens is 1. The van der Waals surface area contributed by atoms with E-state index in [4.69, 9.17) is 0 Å². The fourth-order valence-electron chi connectivity index (χ4n) is 1.26. The van der Waals surface area contributed by atoms with Gasteiger partial charge in [0.05, 0.1) is 12.6 Å². The summed E-state index contributed by atoms with van der Waals surface area (Å²) in [7, 11) is 1.37. The van der Waals surface area contributed by atoms with Crippen LogP contribution in [0.15, 0.2) is 24.4 Å². The lowest BCUT2D eigenvalue weighted by molar-refractivity contribution is 0.0602. The maximum atomic E-state index is 11.4. The van der Waals surface area contributed by atoms with Crippen molar-refractivity contribution in [2.24, 2.45) is 0 Å². The average molecular weight is 302 g/mol. The van der Waals surface area contributed by atoms with Gasteiger partial charge in [0, 0.05) is 6.20 Å². The highest BCUT2D eigenvalue weighted by molar-refractivity contribution is 14.1. The van der Waals surface area contributed by atoms with Crippen molar-refractivity contribution in [3.63, 3.8) is 0 Å². The molecule has 0 atom stereocenters. The lowest BCUT2D eigenvalue weighted by Gasteiger charge is -1.96. The normalized spacial score (nSPS) is 10.4. The summed E-state index contributed by atoms with van der Waals surface area (Å²) in [4.78, 5) is 11.4. The summed E-state index contributed by atoms with van der Waals surface area (Å²) in [5.74, 6) is -0.351. The quantitative estimate of drug-likeness (QED) is 0.595. The third kappa shape index (κ3) is 1.37. The summed E-state index contributed by atoms with van der Waals surface area (Å²) in [5.41, 5.74) is 1.29. The number of hydrogen-bond donors (Lipinski definition) is 0. The van der Waals surface area contributed by atoms with Crippen LogP contribution < -0.4 is 0 Å². The number of ether oxygens (including phenoxy) is 1. The van der Waals surface area contributed by atoms with Crippen molar-refractivity contribution in [3.8, 4) is 0 Å². The van der Waals surface area contributed by atoms with Gasteiger partial charge < -0.3 is 4.74 Å². The molecule has 0 saturated carbocycles. The summed E-state index contributed by atoms with van der Waals surface area (Å²) >= 11 is 2.02. The monoisotopic (exact) mass is 302 g/mol. The van der Waals surface area contributed by atoms with E-state index in [0.29, 0.717) is 9.26 Å². The highest BCUT2D eigenvalue weighted by atomic mass is 127. The minimum absolute atomic E-state index is 0.351. The van der Waals surface area contributed by atoms with Crippen LogP contribution in [0.4, 0.5) is 0 Å². The van der Waals surface area contributed by atoms with Gasteiger partial charge in [-0.3, -0.25) is 0 Å². The van der Waals surface area contributed by atoms with E-state index in [1.807, 2.05) is 40.8 Å². The van der Waals surface area contributed by atoms with Crippen LogP contribution in [0.5, 0.6) is 0 Å². The van der Waals surface area contributed by atoms with E-state index in [2.05, 4.69) is 9.84 Å². The molecule has 14 heavy (non-hydrogen) atoms. The van der Waals surface area contributed by atoms with Crippen LogP contribution in [0.1, 0.15) is 10.4 Å². The first-order valence-corrected chi connectivity index (χ1v) is 5.03. The zero-order valence-electron chi connectivity index (χ0n) is 7.40. The molecule has 0 radical (unpaired) electrons. The third-order valence-electron chi connectivity index (χ3n) is 1.89. The molecule has 0 aliphatic rings. The topological polar surface area (TPSA) is 43.6 Å². The van der Waals surface area contributed by atoms with E-state index in [0.717, 1.165) is 5.52 Å². The minimum Gasteiger partial charge on any atom is -0.465 e. The van der Waals surface area contributed by atoms with Crippen molar-refractivity contribution in [2.45, 2.75) is 0 Å². The summed E-state index contributed by atoms with van der Waals surface area (Å²) in [5, 5.41) is 4.18. The Morgan fingerprint density at radius 1 is 1.57 bits per heavy atom. The van der Waals surface area contributed by atoms with Crippen molar-refractivity contribution in [2.75, 3.05) is 7.11 Å². The van der Waals surface area contributed by atoms with Crippen LogP contribution in [0.2, 0.25) is 0 Å². The number of hydrogen-bond acceptors (Lipinski definition) is 3. The molecule has 0 aliphatic heterocycles. The molecule has 72 valence electrons. The number of rotatable bonds is 1. The Kier molecular flexibility index (Phi) is 2.40. The molecule has 0 fully saturated rings. The van der Waals surface area contributed by atoms with Crippen molar-refractivity contribution in [1.29, 1.82) is 0 Å². The molecular weight excluding hydrogens is 295 g/mol. The van der Waals surface area contributed by atoms with Crippen LogP contribution >= 0.6 is 22.6 Å². The molecule has 4 nitrogen and oxygen atoms in total. The van der Waals surface area contributed by atoms with Gasteiger partial charge in [-0.2, -0.15) is 5.10 Å². The highest BCUT2D eigenvalue weighted by Crippen LogP contribution is 2.17. The summed E-state index contributed by atoms with van der Waals surface area (Å²) in [6.45, 7) is 0. The van der Waals surface area contributed by atoms with E-state index in [9.17, 15) is 4.79 Å². The predicted octanol–water partition coefficient (Wildman–Crippen LogP) is 1.73. The Balaban J connectivity index is 2.74. The minimum atomic E-state index is -0.351. The van der Waals surface area contributed by atoms with E-state index in [1.165, 1.54) is 7.11 Å². The zero-order chi connectivity index (χ0) is 10.1. The molecule has 0 saturated heterocycles. The fraction of sp³-hybridized carbons (Fsp3) is 0.111. The van der Waals surface area contributed by atoms with E-state index < -0.39 is 0 Å². The second-order valence-electron chi connectivity index (χ2n) is 2.69. The number of aromatic nitrogens is 2. The number of fused-ring (bicyclic) bond motifs is 1. The predicted molar refractivity (Wildman–Crippen MR) is 59.2 cm³/mol. The largest absolute Gasteiger partial charge is 0.465 e. The molecule has 0 unspecified atom stereocenters. The van der Waals surface area contributed by atoms with Gasteiger partial charge >= 0.3 is 5.97 Å². The van der Waals surface area contributed by atoms with Gasteiger partial charge in [0.1, 0.15) is 9.26 Å². The Labute approximate surface area is 94.0 Å². The summed E-state index contributed by atoms with van der Waals surface area (Å²) < 4.78 is 7.00. The smallest absolute Gasteiger partial charge is 0.342 e. The van der Waals surface area contributed by atoms with Gasteiger partial charge in [-0.1, -0.05) is 6.07 Å². The number of carbonyl (C=O) groups excluding carboxylic acids is 1. The van der Waals surface area contributed by atoms with Crippen molar-refractivity contribution < 1.29 is 9.53 Å². The van der Waals surface area contributed by atoms with Gasteiger partial charge in [0.25, 0.3) is 0 Å². The molecule has 2 aromatic rings. The second kappa shape index (κ2) is 3.56. The Morgan fingerprint density at radius 2 is 2.36 bits per heavy atom. The molecule has 2 aromatic heterocycles. The number of nitrogens with zero attached hydrogens (tertiary/aromatic N) is 2. The first kappa shape index (κ1) is 9.45. The first-order chi connectivity index (χ1) is 6.74. The maximum absolute atomic E-state index is 11.4. The second-order valence-corrected chi connectivity index (χ2v) is 3.71. The van der Waals surface area contributed by atoms with E-state index in [-0.39, 0.29) is 5.97 Å². The number of carbonyl (C=O) groups is 1. The van der Waals surface area contributed by atoms with Crippen LogP contribution in [-0.2, 0) is 4.74 Å². The molecule has 0 bridgehead atoms. The summed E-state index contributed by atoms with van der Waals surface area (Å²) in [6, 6.07) is 5.55. The molecule has 0 spiro atoms. The van der Waals surface area contributed by atoms with Crippen LogP contribution in [-0.4, -0.2) is 22.7 Å². The Morgan fingerprint density at radius 3 is 3.07 bits per heavy atom. The number of methoxy groups -OCH3 is 1. The summed E-state index contributed by atoms with van der Waals surface area (Å²) in [6.07, 6.45) is 1.80. The maximum Gasteiger partial charge on any atom is 0.342 e. The van der Waals surface area contributed by atoms with E-state index in [1.54, 1.807) is 10.7 Å². The van der Waals surface area contributed by atoms with Gasteiger partial charge in [-0.05, 0) is 34.7 Å². The van der Waals surface area contributed by atoms with Gasteiger partial charge in [-0.15, -0.1) is 0 Å². The molecule has 5 heteroatoms. The van der Waals surface area contributed by atoms with Crippen molar-refractivity contribution >= 4 is 34.1 Å². The highest BCUT2D eigenvalue weighted by Gasteiger charge is 2.17. The zero-order valence-corrected chi connectivity index (χ0v) is 9.56. The molecule has 0 amide bonds. The Hall–Kier alpha value is -1.11. The first-order valence-electron chi connectivity index (χ1n) is 3.95. The van der Waals surface area contributed by atoms with Crippen LogP contribution in [0, 0.1) is 3.70 Å². The SMILES string of the molecule is COC(=O)c1c(I)nn2ccccc12. The van der Waals surface area contributed by atoms with Crippen LogP contribution in [0.3, 0.4) is 0 Å². The molecule has 2 heterocycles. The van der Waals surface area contributed by atoms with Crippen LogP contribution in [0.25, 0.3) is 5.52 Å². The molecular formula is C9H7IN2O2. The molecule has 0 aliphatic carbocycles. The number of pyridine rings is 1. The lowest BCUT2D eigenvalue weighted by atomic mass is 10.3. The van der Waals surface area contributed by atoms with E-state index >= 15 is 0 Å². The van der Waals surface area contributed by atoms with Crippen molar-refractivity contribution in [3.05, 3.63) is 33.7 Å².